The molecule has 29 heavy (non-hydrogen) atoms. The number of quaternary nitrogens is 2. The first-order valence-corrected chi connectivity index (χ1v) is 10.4. The van der Waals surface area contributed by atoms with E-state index in [1.807, 2.05) is 44.2 Å². The van der Waals surface area contributed by atoms with Crippen LogP contribution in [0.2, 0.25) is 5.02 Å². The molecule has 1 aliphatic heterocycles. The van der Waals surface area contributed by atoms with Crippen molar-refractivity contribution in [1.29, 1.82) is 0 Å². The molecule has 154 valence electrons. The third kappa shape index (κ3) is 6.29. The Bertz CT molecular complexity index is 879. The maximum atomic E-state index is 12.4. The van der Waals surface area contributed by atoms with Crippen molar-refractivity contribution in [2.24, 2.45) is 0 Å². The lowest BCUT2D eigenvalue weighted by atomic mass is 10.1. The number of rotatable bonds is 6. The van der Waals surface area contributed by atoms with Crippen LogP contribution in [0.4, 0.5) is 11.4 Å². The largest absolute Gasteiger partial charge is 0.321 e. The summed E-state index contributed by atoms with van der Waals surface area (Å²) in [5.74, 6) is -0.00201. The van der Waals surface area contributed by atoms with Gasteiger partial charge in [-0.25, -0.2) is 0 Å². The van der Waals surface area contributed by atoms with Crippen LogP contribution in [-0.4, -0.2) is 51.1 Å². The van der Waals surface area contributed by atoms with E-state index in [0.717, 1.165) is 43.0 Å². The standard InChI is InChI=1S/C22H27ClN4O2/c1-16-7-8-17(2)20(13-16)25-22(29)15-27-11-9-26(10-12-27)14-21(28)24-19-6-4-3-5-18(19)23/h3-8,13H,9-12,14-15H2,1-2H3,(H,24,28)(H,25,29)/p+2. The van der Waals surface area contributed by atoms with Gasteiger partial charge in [0, 0.05) is 5.69 Å². The highest BCUT2D eigenvalue weighted by atomic mass is 35.5. The molecule has 0 bridgehead atoms. The molecule has 0 unspecified atom stereocenters. The summed E-state index contributed by atoms with van der Waals surface area (Å²) in [6.45, 7) is 8.34. The van der Waals surface area contributed by atoms with Crippen molar-refractivity contribution in [3.63, 3.8) is 0 Å². The monoisotopic (exact) mass is 416 g/mol. The SMILES string of the molecule is Cc1ccc(C)c(NC(=O)C[NH+]2CC[NH+](CC(=O)Nc3ccccc3Cl)CC2)c1. The summed E-state index contributed by atoms with van der Waals surface area (Å²) in [5.41, 5.74) is 3.73. The molecule has 2 aromatic rings. The molecule has 4 N–H and O–H groups in total. The quantitative estimate of drug-likeness (QED) is 0.548. The second-order valence-corrected chi connectivity index (χ2v) is 8.16. The van der Waals surface area contributed by atoms with E-state index in [0.29, 0.717) is 23.8 Å². The third-order valence-corrected chi connectivity index (χ3v) is 5.63. The molecule has 3 rings (SSSR count). The van der Waals surface area contributed by atoms with Crippen molar-refractivity contribution in [1.82, 2.24) is 0 Å². The maximum Gasteiger partial charge on any atom is 0.279 e. The lowest BCUT2D eigenvalue weighted by Crippen LogP contribution is -3.28. The Morgan fingerprint density at radius 3 is 2.00 bits per heavy atom. The fraction of sp³-hybridized carbons (Fsp3) is 0.364. The number of amides is 2. The van der Waals surface area contributed by atoms with E-state index in [1.54, 1.807) is 12.1 Å². The number of anilines is 2. The molecular formula is C22H29ClN4O2+2. The van der Waals surface area contributed by atoms with Crippen LogP contribution in [0.5, 0.6) is 0 Å². The molecule has 0 aromatic heterocycles. The van der Waals surface area contributed by atoms with E-state index in [4.69, 9.17) is 11.6 Å². The fourth-order valence-corrected chi connectivity index (χ4v) is 3.77. The van der Waals surface area contributed by atoms with E-state index in [-0.39, 0.29) is 11.8 Å². The molecule has 0 saturated carbocycles. The van der Waals surface area contributed by atoms with Crippen LogP contribution in [0.15, 0.2) is 42.5 Å². The molecule has 0 radical (unpaired) electrons. The van der Waals surface area contributed by atoms with E-state index in [9.17, 15) is 9.59 Å². The van der Waals surface area contributed by atoms with E-state index in [2.05, 4.69) is 10.6 Å². The Morgan fingerprint density at radius 1 is 0.862 bits per heavy atom. The van der Waals surface area contributed by atoms with Crippen LogP contribution in [0.3, 0.4) is 0 Å². The zero-order valence-corrected chi connectivity index (χ0v) is 17.7. The van der Waals surface area contributed by atoms with Gasteiger partial charge in [-0.15, -0.1) is 0 Å². The van der Waals surface area contributed by atoms with Crippen molar-refractivity contribution in [2.45, 2.75) is 13.8 Å². The van der Waals surface area contributed by atoms with E-state index < -0.39 is 0 Å². The number of aryl methyl sites for hydroxylation is 2. The second-order valence-electron chi connectivity index (χ2n) is 7.75. The van der Waals surface area contributed by atoms with Crippen LogP contribution in [0, 0.1) is 13.8 Å². The summed E-state index contributed by atoms with van der Waals surface area (Å²) in [5, 5.41) is 6.45. The van der Waals surface area contributed by atoms with Gasteiger partial charge in [-0.1, -0.05) is 35.9 Å². The first-order chi connectivity index (χ1) is 13.9. The highest BCUT2D eigenvalue weighted by Gasteiger charge is 2.26. The van der Waals surface area contributed by atoms with Crippen LogP contribution in [-0.2, 0) is 9.59 Å². The number of benzene rings is 2. The minimum atomic E-state index is -0.0378. The molecule has 0 atom stereocenters. The molecule has 2 aromatic carbocycles. The minimum absolute atomic E-state index is 0.0358. The number of piperazine rings is 1. The molecular weight excluding hydrogens is 388 g/mol. The first-order valence-electron chi connectivity index (χ1n) is 9.99. The Morgan fingerprint density at radius 2 is 1.41 bits per heavy atom. The van der Waals surface area contributed by atoms with Gasteiger partial charge in [-0.3, -0.25) is 9.59 Å². The van der Waals surface area contributed by atoms with Gasteiger partial charge in [0.2, 0.25) is 0 Å². The molecule has 1 saturated heterocycles. The van der Waals surface area contributed by atoms with Gasteiger partial charge in [0.05, 0.1) is 10.7 Å². The molecule has 7 heteroatoms. The number of halogens is 1. The van der Waals surface area contributed by atoms with E-state index >= 15 is 0 Å². The van der Waals surface area contributed by atoms with Crippen molar-refractivity contribution >= 4 is 34.8 Å². The minimum Gasteiger partial charge on any atom is -0.321 e. The van der Waals surface area contributed by atoms with Crippen molar-refractivity contribution in [3.8, 4) is 0 Å². The molecule has 1 heterocycles. The van der Waals surface area contributed by atoms with Crippen LogP contribution in [0.1, 0.15) is 11.1 Å². The van der Waals surface area contributed by atoms with Gasteiger partial charge in [0.25, 0.3) is 11.8 Å². The van der Waals surface area contributed by atoms with Gasteiger partial charge in [0.1, 0.15) is 26.2 Å². The number of hydrogen-bond acceptors (Lipinski definition) is 2. The summed E-state index contributed by atoms with van der Waals surface area (Å²) < 4.78 is 0. The average Bonchev–Trinajstić information content (AvgIpc) is 2.68. The lowest BCUT2D eigenvalue weighted by Gasteiger charge is -2.29. The number of carbonyl (C=O) groups is 2. The highest BCUT2D eigenvalue weighted by Crippen LogP contribution is 2.20. The number of para-hydroxylation sites is 1. The summed E-state index contributed by atoms with van der Waals surface area (Å²) in [6, 6.07) is 13.3. The fourth-order valence-electron chi connectivity index (χ4n) is 3.59. The molecule has 2 amide bonds. The van der Waals surface area contributed by atoms with Gasteiger partial charge >= 0.3 is 0 Å². The third-order valence-electron chi connectivity index (χ3n) is 5.30. The summed E-state index contributed by atoms with van der Waals surface area (Å²) >= 11 is 6.09. The molecule has 0 aliphatic carbocycles. The zero-order chi connectivity index (χ0) is 20.8. The summed E-state index contributed by atoms with van der Waals surface area (Å²) in [6.07, 6.45) is 0. The van der Waals surface area contributed by atoms with Crippen molar-refractivity contribution in [2.75, 3.05) is 49.9 Å². The maximum absolute atomic E-state index is 12.4. The van der Waals surface area contributed by atoms with Crippen molar-refractivity contribution in [3.05, 3.63) is 58.6 Å². The van der Waals surface area contributed by atoms with E-state index in [1.165, 1.54) is 9.80 Å². The van der Waals surface area contributed by atoms with Crippen molar-refractivity contribution < 1.29 is 19.4 Å². The topological polar surface area (TPSA) is 67.1 Å². The Hall–Kier alpha value is -2.41. The highest BCUT2D eigenvalue weighted by molar-refractivity contribution is 6.33. The average molecular weight is 417 g/mol. The molecule has 1 aliphatic rings. The first kappa shape index (κ1) is 21.3. The Labute approximate surface area is 176 Å². The Balaban J connectivity index is 1.42. The molecule has 0 spiro atoms. The predicted molar refractivity (Wildman–Crippen MR) is 116 cm³/mol. The predicted octanol–water partition coefficient (Wildman–Crippen LogP) is 0.317. The smallest absolute Gasteiger partial charge is 0.279 e. The Kier molecular flexibility index (Phi) is 7.25. The zero-order valence-electron chi connectivity index (χ0n) is 17.0. The van der Waals surface area contributed by atoms with Gasteiger partial charge in [-0.05, 0) is 43.2 Å². The van der Waals surface area contributed by atoms with Gasteiger partial charge < -0.3 is 20.4 Å². The van der Waals surface area contributed by atoms with Crippen LogP contribution in [0.25, 0.3) is 0 Å². The lowest BCUT2D eigenvalue weighted by molar-refractivity contribution is -1.00. The van der Waals surface area contributed by atoms with Gasteiger partial charge in [0.15, 0.2) is 13.1 Å². The number of hydrogen-bond donors (Lipinski definition) is 4. The van der Waals surface area contributed by atoms with Crippen LogP contribution >= 0.6 is 11.6 Å². The summed E-state index contributed by atoms with van der Waals surface area (Å²) in [7, 11) is 0. The number of carbonyl (C=O) groups excluding carboxylic acids is 2. The molecule has 1 fully saturated rings. The second kappa shape index (κ2) is 9.87. The van der Waals surface area contributed by atoms with Gasteiger partial charge in [-0.2, -0.15) is 0 Å². The summed E-state index contributed by atoms with van der Waals surface area (Å²) in [4.78, 5) is 27.2. The van der Waals surface area contributed by atoms with Crippen LogP contribution < -0.4 is 20.4 Å². The number of nitrogens with one attached hydrogen (secondary N) is 4. The molecule has 6 nitrogen and oxygen atoms in total. The normalized spacial score (nSPS) is 18.9.